The molecule has 92 valence electrons. The Kier molecular flexibility index (Phi) is 3.05. The van der Waals surface area contributed by atoms with Gasteiger partial charge in [-0.2, -0.15) is 0 Å². The molecule has 0 aromatic carbocycles. The summed E-state index contributed by atoms with van der Waals surface area (Å²) < 4.78 is 22.7. The van der Waals surface area contributed by atoms with Crippen molar-refractivity contribution in [1.29, 1.82) is 0 Å². The highest BCUT2D eigenvalue weighted by molar-refractivity contribution is 7.72. The van der Waals surface area contributed by atoms with Gasteiger partial charge in [0.1, 0.15) is 0 Å². The van der Waals surface area contributed by atoms with Crippen LogP contribution in [0.2, 0.25) is 0 Å². The molecule has 0 amide bonds. The van der Waals surface area contributed by atoms with Gasteiger partial charge in [-0.05, 0) is 13.8 Å². The molecule has 0 fully saturated rings. The summed E-state index contributed by atoms with van der Waals surface area (Å²) in [6.07, 6.45) is 2.28. The molecule has 10 heteroatoms. The summed E-state index contributed by atoms with van der Waals surface area (Å²) in [4.78, 5) is 41.3. The molecule has 0 spiro atoms. The van der Waals surface area contributed by atoms with Gasteiger partial charge in [-0.1, -0.05) is 0 Å². The maximum atomic E-state index is 11.3. The lowest BCUT2D eigenvalue weighted by atomic mass is 10.1. The van der Waals surface area contributed by atoms with Crippen molar-refractivity contribution >= 4 is 27.6 Å². The first-order chi connectivity index (χ1) is 6.96. The van der Waals surface area contributed by atoms with Crippen LogP contribution in [-0.4, -0.2) is 42.6 Å². The summed E-state index contributed by atoms with van der Waals surface area (Å²) >= 11 is 0. The van der Waals surface area contributed by atoms with E-state index in [-0.39, 0.29) is 0 Å². The molecule has 0 aromatic heterocycles. The van der Waals surface area contributed by atoms with E-state index >= 15 is 0 Å². The first kappa shape index (κ1) is 13.7. The van der Waals surface area contributed by atoms with Crippen molar-refractivity contribution in [1.82, 2.24) is 0 Å². The zero-order valence-electron chi connectivity index (χ0n) is 8.55. The van der Waals surface area contributed by atoms with Crippen LogP contribution >= 0.6 is 15.2 Å². The molecule has 1 aliphatic heterocycles. The minimum atomic E-state index is -5.11. The molecular formula is C6H12N2O6P2. The normalized spacial score (nSPS) is 20.4. The molecule has 0 saturated carbocycles. The fourth-order valence-electron chi connectivity index (χ4n) is 1.36. The highest BCUT2D eigenvalue weighted by atomic mass is 31.2. The second kappa shape index (κ2) is 3.57. The zero-order chi connectivity index (χ0) is 12.8. The largest absolute Gasteiger partial charge is 0.348 e. The Hall–Kier alpha value is -0.360. The van der Waals surface area contributed by atoms with E-state index in [1.165, 1.54) is 0 Å². The molecule has 1 aliphatic rings. The lowest BCUT2D eigenvalue weighted by Gasteiger charge is -2.39. The van der Waals surface area contributed by atoms with Crippen molar-refractivity contribution in [2.45, 2.75) is 24.4 Å². The molecular weight excluding hydrogens is 258 g/mol. The molecule has 0 bridgehead atoms. The lowest BCUT2D eigenvalue weighted by molar-refractivity contribution is 0.271. The average molecular weight is 270 g/mol. The van der Waals surface area contributed by atoms with Crippen molar-refractivity contribution in [2.24, 2.45) is 9.98 Å². The van der Waals surface area contributed by atoms with Gasteiger partial charge in [-0.3, -0.25) is 19.1 Å². The van der Waals surface area contributed by atoms with Gasteiger partial charge in [0, 0.05) is 12.4 Å². The third-order valence-corrected chi connectivity index (χ3v) is 7.43. The second-order valence-corrected chi connectivity index (χ2v) is 8.00. The van der Waals surface area contributed by atoms with Crippen LogP contribution in [0.5, 0.6) is 0 Å². The molecule has 1 heterocycles. The summed E-state index contributed by atoms with van der Waals surface area (Å²) in [6, 6.07) is 0. The van der Waals surface area contributed by atoms with Crippen molar-refractivity contribution in [2.75, 3.05) is 0 Å². The molecule has 0 saturated heterocycles. The molecule has 16 heavy (non-hydrogen) atoms. The van der Waals surface area contributed by atoms with Crippen LogP contribution in [0.4, 0.5) is 0 Å². The second-order valence-electron chi connectivity index (χ2n) is 3.69. The van der Waals surface area contributed by atoms with E-state index < -0.39 is 25.8 Å². The van der Waals surface area contributed by atoms with Crippen LogP contribution in [0.25, 0.3) is 0 Å². The maximum absolute atomic E-state index is 11.3. The topological polar surface area (TPSA) is 140 Å². The quantitative estimate of drug-likeness (QED) is 0.529. The monoisotopic (exact) mass is 270 g/mol. The predicted octanol–water partition coefficient (Wildman–Crippen LogP) is -0.0706. The van der Waals surface area contributed by atoms with Gasteiger partial charge in [-0.15, -0.1) is 0 Å². The van der Waals surface area contributed by atoms with E-state index in [4.69, 9.17) is 19.6 Å². The molecule has 0 atom stereocenters. The van der Waals surface area contributed by atoms with Crippen molar-refractivity contribution in [3.63, 3.8) is 0 Å². The Morgan fingerprint density at radius 1 is 1.06 bits per heavy atom. The molecule has 0 unspecified atom stereocenters. The molecule has 0 aromatic rings. The summed E-state index contributed by atoms with van der Waals surface area (Å²) in [5.74, 6) is 0. The Labute approximate surface area is 91.5 Å². The molecule has 8 nitrogen and oxygen atoms in total. The van der Waals surface area contributed by atoms with Gasteiger partial charge >= 0.3 is 15.2 Å². The third-order valence-electron chi connectivity index (χ3n) is 2.75. The summed E-state index contributed by atoms with van der Waals surface area (Å²) in [5, 5.41) is 0. The van der Waals surface area contributed by atoms with Gasteiger partial charge in [0.25, 0.3) is 0 Å². The molecule has 4 N–H and O–H groups in total. The Bertz CT molecular complexity index is 412. The first-order valence-electron chi connectivity index (χ1n) is 4.16. The van der Waals surface area contributed by atoms with Gasteiger partial charge < -0.3 is 19.6 Å². The third kappa shape index (κ3) is 1.72. The van der Waals surface area contributed by atoms with E-state index in [1.807, 2.05) is 0 Å². The Morgan fingerprint density at radius 2 is 1.38 bits per heavy atom. The average Bonchev–Trinajstić information content (AvgIpc) is 2.47. The van der Waals surface area contributed by atoms with Gasteiger partial charge in [0.05, 0.1) is 0 Å². The van der Waals surface area contributed by atoms with Gasteiger partial charge in [0.2, 0.25) is 4.90 Å². The van der Waals surface area contributed by atoms with E-state index in [0.29, 0.717) is 0 Å². The Morgan fingerprint density at radius 3 is 1.62 bits per heavy atom. The number of rotatable bonds is 3. The number of aliphatic imine (C=N–C) groups is 2. The minimum Gasteiger partial charge on any atom is -0.323 e. The maximum Gasteiger partial charge on any atom is 0.348 e. The predicted molar refractivity (Wildman–Crippen MR) is 57.9 cm³/mol. The van der Waals surface area contributed by atoms with Crippen LogP contribution in [0, 0.1) is 0 Å². The SMILES string of the molecule is CC1(C(C)(P(=O)(O)O)P(=O)(O)O)N=CC=N1. The summed E-state index contributed by atoms with van der Waals surface area (Å²) in [5.41, 5.74) is -1.87. The lowest BCUT2D eigenvalue weighted by Crippen LogP contribution is -2.45. The molecule has 0 aliphatic carbocycles. The van der Waals surface area contributed by atoms with Crippen molar-refractivity contribution < 1.29 is 28.7 Å². The van der Waals surface area contributed by atoms with Crippen LogP contribution in [0.3, 0.4) is 0 Å². The first-order valence-corrected chi connectivity index (χ1v) is 7.38. The standard InChI is InChI=1S/C6H12N2O6P2/c1-5(7-3-4-8-5)6(2,15(9,10)11)16(12,13)14/h3-4H,1-2H3,(H2,9,10,11)(H2,12,13,14). The van der Waals surface area contributed by atoms with Gasteiger partial charge in [-0.25, -0.2) is 0 Å². The minimum absolute atomic E-state index is 0.786. The van der Waals surface area contributed by atoms with Crippen molar-refractivity contribution in [3.05, 3.63) is 0 Å². The highest BCUT2D eigenvalue weighted by Gasteiger charge is 2.68. The highest BCUT2D eigenvalue weighted by Crippen LogP contribution is 2.73. The summed E-state index contributed by atoms with van der Waals surface area (Å²) in [7, 11) is -10.2. The number of nitrogens with zero attached hydrogens (tertiary/aromatic N) is 2. The fourth-order valence-corrected chi connectivity index (χ4v) is 4.05. The van der Waals surface area contributed by atoms with Crippen molar-refractivity contribution in [3.8, 4) is 0 Å². The molecule has 0 radical (unpaired) electrons. The molecule has 1 rings (SSSR count). The van der Waals surface area contributed by atoms with Crippen LogP contribution < -0.4 is 0 Å². The Balaban J connectivity index is 3.51. The van der Waals surface area contributed by atoms with Crippen LogP contribution in [0.1, 0.15) is 13.8 Å². The van der Waals surface area contributed by atoms with E-state index in [1.54, 1.807) is 0 Å². The van der Waals surface area contributed by atoms with Crippen LogP contribution in [-0.2, 0) is 9.13 Å². The van der Waals surface area contributed by atoms with E-state index in [9.17, 15) is 9.13 Å². The number of hydrogen-bond donors (Lipinski definition) is 4. The van der Waals surface area contributed by atoms with Crippen LogP contribution in [0.15, 0.2) is 9.98 Å². The van der Waals surface area contributed by atoms with E-state index in [2.05, 4.69) is 9.98 Å². The zero-order valence-corrected chi connectivity index (χ0v) is 10.3. The smallest absolute Gasteiger partial charge is 0.323 e. The summed E-state index contributed by atoms with van der Waals surface area (Å²) in [6.45, 7) is 1.94. The van der Waals surface area contributed by atoms with Gasteiger partial charge in [0.15, 0.2) is 5.66 Å². The fraction of sp³-hybridized carbons (Fsp3) is 0.667. The number of hydrogen-bond acceptors (Lipinski definition) is 4. The van der Waals surface area contributed by atoms with E-state index in [0.717, 1.165) is 26.3 Å².